The number of hydrogen-bond donors (Lipinski definition) is 3. The van der Waals surface area contributed by atoms with E-state index in [0.717, 1.165) is 16.8 Å². The number of nitrogens with zero attached hydrogens (tertiary/aromatic N) is 2. The average Bonchev–Trinajstić information content (AvgIpc) is 2.98. The van der Waals surface area contributed by atoms with Crippen LogP contribution in [0.2, 0.25) is 5.15 Å². The molecule has 3 N–H and O–H groups in total. The molecular formula is C18H19ClN4O2. The van der Waals surface area contributed by atoms with Crippen molar-refractivity contribution in [3.63, 3.8) is 0 Å². The number of aliphatic hydroxyl groups excluding tert-OH is 1. The Morgan fingerprint density at radius 2 is 1.92 bits per heavy atom. The Bertz CT molecular complexity index is 927. The lowest BCUT2D eigenvalue weighted by Gasteiger charge is -2.16. The quantitative estimate of drug-likeness (QED) is 0.622. The van der Waals surface area contributed by atoms with Crippen molar-refractivity contribution >= 4 is 34.5 Å². The second-order valence-corrected chi connectivity index (χ2v) is 7.20. The Morgan fingerprint density at radius 1 is 1.24 bits per heavy atom. The molecular weight excluding hydrogens is 340 g/mol. The van der Waals surface area contributed by atoms with Gasteiger partial charge >= 0.3 is 0 Å². The molecule has 1 amide bonds. The van der Waals surface area contributed by atoms with Gasteiger partial charge in [0.15, 0.2) is 0 Å². The number of halogens is 1. The molecule has 0 bridgehead atoms. The van der Waals surface area contributed by atoms with E-state index in [1.165, 1.54) is 0 Å². The second-order valence-electron chi connectivity index (χ2n) is 6.84. The summed E-state index contributed by atoms with van der Waals surface area (Å²) < 4.78 is 0. The van der Waals surface area contributed by atoms with Crippen LogP contribution in [0.15, 0.2) is 30.3 Å². The van der Waals surface area contributed by atoms with Crippen LogP contribution in [0.3, 0.4) is 0 Å². The van der Waals surface area contributed by atoms with E-state index < -0.39 is 5.41 Å². The van der Waals surface area contributed by atoms with Gasteiger partial charge in [-0.1, -0.05) is 56.6 Å². The van der Waals surface area contributed by atoms with Crippen molar-refractivity contribution in [3.8, 4) is 11.3 Å². The summed E-state index contributed by atoms with van der Waals surface area (Å²) in [5.74, 6) is -0.0178. The molecule has 0 aliphatic heterocycles. The Hall–Kier alpha value is -2.44. The molecule has 0 unspecified atom stereocenters. The molecule has 0 saturated heterocycles. The van der Waals surface area contributed by atoms with Crippen molar-refractivity contribution in [2.24, 2.45) is 5.41 Å². The summed E-state index contributed by atoms with van der Waals surface area (Å²) in [6, 6.07) is 9.37. The smallest absolute Gasteiger partial charge is 0.232 e. The standard InChI is InChI=1S/C18H19ClN4O2/c1-18(2,3)16(25)23-17-21-14(19)12-8-13(20-15(12)22-17)11-6-4-10(9-24)5-7-11/h4-8,24H,9H2,1-3H3,(H2,20,21,22,23,25). The monoisotopic (exact) mass is 358 g/mol. The number of aromatic nitrogens is 3. The summed E-state index contributed by atoms with van der Waals surface area (Å²) in [6.07, 6.45) is 0. The minimum absolute atomic E-state index is 0.00111. The maximum absolute atomic E-state index is 12.1. The lowest BCUT2D eigenvalue weighted by atomic mass is 9.96. The number of rotatable bonds is 3. The average molecular weight is 359 g/mol. The fraction of sp³-hybridized carbons (Fsp3) is 0.278. The summed E-state index contributed by atoms with van der Waals surface area (Å²) in [5, 5.41) is 12.8. The van der Waals surface area contributed by atoms with Gasteiger partial charge in [0.2, 0.25) is 11.9 Å². The van der Waals surface area contributed by atoms with E-state index in [-0.39, 0.29) is 23.6 Å². The fourth-order valence-electron chi connectivity index (χ4n) is 2.26. The predicted octanol–water partition coefficient (Wildman–Crippen LogP) is 3.76. The summed E-state index contributed by atoms with van der Waals surface area (Å²) in [7, 11) is 0. The van der Waals surface area contributed by atoms with Crippen molar-refractivity contribution in [1.82, 2.24) is 15.0 Å². The number of carbonyl (C=O) groups excluding carboxylic acids is 1. The zero-order valence-electron chi connectivity index (χ0n) is 14.2. The molecule has 0 radical (unpaired) electrons. The van der Waals surface area contributed by atoms with E-state index in [4.69, 9.17) is 16.7 Å². The number of benzene rings is 1. The number of hydrogen-bond acceptors (Lipinski definition) is 4. The zero-order chi connectivity index (χ0) is 18.2. The number of carbonyl (C=O) groups is 1. The van der Waals surface area contributed by atoms with Crippen molar-refractivity contribution in [2.75, 3.05) is 5.32 Å². The zero-order valence-corrected chi connectivity index (χ0v) is 15.0. The first-order valence-electron chi connectivity index (χ1n) is 7.86. The minimum Gasteiger partial charge on any atom is -0.392 e. The van der Waals surface area contributed by atoms with E-state index >= 15 is 0 Å². The van der Waals surface area contributed by atoms with Crippen molar-refractivity contribution in [1.29, 1.82) is 0 Å². The molecule has 7 heteroatoms. The highest BCUT2D eigenvalue weighted by molar-refractivity contribution is 6.34. The number of anilines is 1. The molecule has 0 atom stereocenters. The third kappa shape index (κ3) is 3.65. The van der Waals surface area contributed by atoms with Crippen molar-refractivity contribution < 1.29 is 9.90 Å². The van der Waals surface area contributed by atoms with Gasteiger partial charge in [0, 0.05) is 11.1 Å². The summed E-state index contributed by atoms with van der Waals surface area (Å²) >= 11 is 6.25. The molecule has 6 nitrogen and oxygen atoms in total. The molecule has 3 aromatic rings. The Kier molecular flexibility index (Phi) is 4.49. The Balaban J connectivity index is 1.97. The van der Waals surface area contributed by atoms with Crippen LogP contribution in [-0.2, 0) is 11.4 Å². The maximum Gasteiger partial charge on any atom is 0.232 e. The molecule has 3 rings (SSSR count). The minimum atomic E-state index is -0.555. The molecule has 0 aliphatic rings. The van der Waals surface area contributed by atoms with Gasteiger partial charge in [0.25, 0.3) is 0 Å². The lowest BCUT2D eigenvalue weighted by Crippen LogP contribution is -2.28. The number of amides is 1. The van der Waals surface area contributed by atoms with Gasteiger partial charge in [-0.05, 0) is 17.2 Å². The summed E-state index contributed by atoms with van der Waals surface area (Å²) in [4.78, 5) is 23.8. The maximum atomic E-state index is 12.1. The number of aliphatic hydroxyl groups is 1. The van der Waals surface area contributed by atoms with Crippen LogP contribution in [0.5, 0.6) is 0 Å². The Labute approximate surface area is 150 Å². The molecule has 0 spiro atoms. The van der Waals surface area contributed by atoms with Gasteiger partial charge in [-0.3, -0.25) is 10.1 Å². The number of H-pyrrole nitrogens is 1. The van der Waals surface area contributed by atoms with Gasteiger partial charge in [-0.25, -0.2) is 0 Å². The molecule has 2 aromatic heterocycles. The summed E-state index contributed by atoms with van der Waals surface area (Å²) in [6.45, 7) is 5.43. The van der Waals surface area contributed by atoms with Crippen molar-refractivity contribution in [2.45, 2.75) is 27.4 Å². The van der Waals surface area contributed by atoms with Crippen LogP contribution in [0.1, 0.15) is 26.3 Å². The summed E-state index contributed by atoms with van der Waals surface area (Å²) in [5.41, 5.74) is 2.59. The van der Waals surface area contributed by atoms with Gasteiger partial charge in [-0.15, -0.1) is 0 Å². The van der Waals surface area contributed by atoms with E-state index in [1.807, 2.05) is 51.1 Å². The van der Waals surface area contributed by atoms with Crippen LogP contribution in [0.25, 0.3) is 22.3 Å². The highest BCUT2D eigenvalue weighted by Crippen LogP contribution is 2.28. The van der Waals surface area contributed by atoms with Crippen LogP contribution < -0.4 is 5.32 Å². The van der Waals surface area contributed by atoms with E-state index in [1.54, 1.807) is 0 Å². The van der Waals surface area contributed by atoms with Crippen LogP contribution in [0.4, 0.5) is 5.95 Å². The van der Waals surface area contributed by atoms with E-state index in [9.17, 15) is 4.79 Å². The molecule has 130 valence electrons. The largest absolute Gasteiger partial charge is 0.392 e. The molecule has 0 aliphatic carbocycles. The van der Waals surface area contributed by atoms with Crippen LogP contribution in [0, 0.1) is 5.41 Å². The van der Waals surface area contributed by atoms with Gasteiger partial charge in [0.05, 0.1) is 12.0 Å². The first-order valence-corrected chi connectivity index (χ1v) is 8.23. The highest BCUT2D eigenvalue weighted by atomic mass is 35.5. The Morgan fingerprint density at radius 3 is 2.52 bits per heavy atom. The van der Waals surface area contributed by atoms with E-state index in [0.29, 0.717) is 11.0 Å². The first kappa shape index (κ1) is 17.4. The topological polar surface area (TPSA) is 90.9 Å². The third-order valence-corrected chi connectivity index (χ3v) is 4.08. The first-order chi connectivity index (χ1) is 11.8. The molecule has 25 heavy (non-hydrogen) atoms. The lowest BCUT2D eigenvalue weighted by molar-refractivity contribution is -0.123. The van der Waals surface area contributed by atoms with Crippen LogP contribution >= 0.6 is 11.6 Å². The molecule has 0 saturated carbocycles. The fourth-order valence-corrected chi connectivity index (χ4v) is 2.49. The number of aromatic amines is 1. The highest BCUT2D eigenvalue weighted by Gasteiger charge is 2.22. The normalized spacial score (nSPS) is 11.7. The van der Waals surface area contributed by atoms with E-state index in [2.05, 4.69) is 20.3 Å². The van der Waals surface area contributed by atoms with Crippen molar-refractivity contribution in [3.05, 3.63) is 41.0 Å². The molecule has 2 heterocycles. The number of fused-ring (bicyclic) bond motifs is 1. The van der Waals surface area contributed by atoms with Gasteiger partial charge in [-0.2, -0.15) is 9.97 Å². The molecule has 0 fully saturated rings. The third-order valence-electron chi connectivity index (χ3n) is 3.79. The second kappa shape index (κ2) is 6.46. The van der Waals surface area contributed by atoms with Gasteiger partial charge < -0.3 is 10.1 Å². The molecule has 1 aromatic carbocycles. The number of nitrogens with one attached hydrogen (secondary N) is 2. The van der Waals surface area contributed by atoms with Gasteiger partial charge in [0.1, 0.15) is 10.8 Å². The predicted molar refractivity (Wildman–Crippen MR) is 98.3 cm³/mol. The SMILES string of the molecule is CC(C)(C)C(=O)Nc1nc(Cl)c2cc(-c3ccc(CO)cc3)[nH]c2n1. The van der Waals surface area contributed by atoms with Crippen LogP contribution in [-0.4, -0.2) is 26.0 Å².